The van der Waals surface area contributed by atoms with Crippen LogP contribution < -0.4 is 0 Å². The Bertz CT molecular complexity index is 214. The molecule has 0 bridgehead atoms. The zero-order chi connectivity index (χ0) is 12.7. The Morgan fingerprint density at radius 2 is 1.19 bits per heavy atom. The van der Waals surface area contributed by atoms with Crippen LogP contribution in [-0.2, 0) is 0 Å². The van der Waals surface area contributed by atoms with Gasteiger partial charge in [-0.1, -0.05) is 27.7 Å². The third-order valence-corrected chi connectivity index (χ3v) is 5.47. The minimum absolute atomic E-state index is 0.300. The summed E-state index contributed by atoms with van der Waals surface area (Å²) in [6.45, 7) is 17.9. The molecule has 1 nitrogen and oxygen atoms in total. The number of nitrogens with zero attached hydrogens (tertiary/aromatic N) is 1. The summed E-state index contributed by atoms with van der Waals surface area (Å²) in [5, 5.41) is 0. The van der Waals surface area contributed by atoms with Gasteiger partial charge in [0.25, 0.3) is 0 Å². The molecule has 16 heavy (non-hydrogen) atoms. The topological polar surface area (TPSA) is 3.24 Å². The molecule has 0 spiro atoms. The molecule has 0 aromatic heterocycles. The maximum atomic E-state index is 2.52. The molecule has 0 heterocycles. The highest BCUT2D eigenvalue weighted by Gasteiger charge is 2.42. The molecule has 0 amide bonds. The number of hydrogen-bond acceptors (Lipinski definition) is 1. The van der Waals surface area contributed by atoms with Crippen molar-refractivity contribution in [2.75, 3.05) is 13.6 Å². The summed E-state index contributed by atoms with van der Waals surface area (Å²) in [6.07, 6.45) is 0. The Morgan fingerprint density at radius 3 is 1.50 bits per heavy atom. The van der Waals surface area contributed by atoms with Gasteiger partial charge in [0.2, 0.25) is 0 Å². The standard InChI is InChI=1S/C15H31N/c1-10-11(2)13(4)14(12(10)3)9-16(8)15(5,6)7/h10-14H,9H2,1-8H3. The minimum atomic E-state index is 0.300. The first kappa shape index (κ1) is 14.0. The minimum Gasteiger partial charge on any atom is -0.301 e. The van der Waals surface area contributed by atoms with Gasteiger partial charge in [-0.2, -0.15) is 0 Å². The van der Waals surface area contributed by atoms with Crippen LogP contribution in [0.3, 0.4) is 0 Å². The van der Waals surface area contributed by atoms with Crippen molar-refractivity contribution in [2.45, 2.75) is 54.0 Å². The fraction of sp³-hybridized carbons (Fsp3) is 1.00. The maximum Gasteiger partial charge on any atom is 0.0122 e. The van der Waals surface area contributed by atoms with Crippen molar-refractivity contribution in [3.05, 3.63) is 0 Å². The first-order chi connectivity index (χ1) is 7.16. The van der Waals surface area contributed by atoms with E-state index in [1.807, 2.05) is 0 Å². The molecule has 1 saturated carbocycles. The molecular weight excluding hydrogens is 194 g/mol. The third kappa shape index (κ3) is 2.61. The van der Waals surface area contributed by atoms with Crippen molar-refractivity contribution in [3.63, 3.8) is 0 Å². The molecule has 0 saturated heterocycles. The fourth-order valence-electron chi connectivity index (χ4n) is 3.14. The van der Waals surface area contributed by atoms with Crippen molar-refractivity contribution >= 4 is 0 Å². The molecule has 1 heteroatoms. The van der Waals surface area contributed by atoms with Crippen LogP contribution in [0.2, 0.25) is 0 Å². The van der Waals surface area contributed by atoms with Gasteiger partial charge in [-0.15, -0.1) is 0 Å². The lowest BCUT2D eigenvalue weighted by atomic mass is 9.88. The Balaban J connectivity index is 2.68. The van der Waals surface area contributed by atoms with Crippen molar-refractivity contribution in [1.29, 1.82) is 0 Å². The van der Waals surface area contributed by atoms with Crippen LogP contribution in [0.25, 0.3) is 0 Å². The molecule has 4 unspecified atom stereocenters. The predicted molar refractivity (Wildman–Crippen MR) is 72.5 cm³/mol. The van der Waals surface area contributed by atoms with E-state index in [9.17, 15) is 0 Å². The Hall–Kier alpha value is -0.0400. The van der Waals surface area contributed by atoms with Crippen LogP contribution in [-0.4, -0.2) is 24.0 Å². The highest BCUT2D eigenvalue weighted by molar-refractivity contribution is 4.91. The average molecular weight is 225 g/mol. The summed E-state index contributed by atoms with van der Waals surface area (Å²) in [6, 6.07) is 0. The molecule has 1 fully saturated rings. The molecule has 1 aliphatic carbocycles. The van der Waals surface area contributed by atoms with Crippen LogP contribution in [0.5, 0.6) is 0 Å². The van der Waals surface area contributed by atoms with Gasteiger partial charge in [0.15, 0.2) is 0 Å². The van der Waals surface area contributed by atoms with Gasteiger partial charge in [-0.3, -0.25) is 0 Å². The van der Waals surface area contributed by atoms with Gasteiger partial charge in [-0.05, 0) is 57.4 Å². The molecule has 1 aliphatic rings. The molecule has 0 N–H and O–H groups in total. The Labute approximate surface area is 103 Å². The quantitative estimate of drug-likeness (QED) is 0.689. The summed E-state index contributed by atoms with van der Waals surface area (Å²) in [4.78, 5) is 2.52. The largest absolute Gasteiger partial charge is 0.301 e. The van der Waals surface area contributed by atoms with Gasteiger partial charge >= 0.3 is 0 Å². The van der Waals surface area contributed by atoms with E-state index in [0.717, 1.165) is 29.6 Å². The van der Waals surface area contributed by atoms with Crippen molar-refractivity contribution < 1.29 is 0 Å². The summed E-state index contributed by atoms with van der Waals surface area (Å²) < 4.78 is 0. The van der Waals surface area contributed by atoms with Gasteiger partial charge < -0.3 is 4.90 Å². The third-order valence-electron chi connectivity index (χ3n) is 5.47. The van der Waals surface area contributed by atoms with Crippen LogP contribution in [0, 0.1) is 29.6 Å². The Kier molecular flexibility index (Phi) is 4.10. The maximum absolute atomic E-state index is 2.52. The predicted octanol–water partition coefficient (Wildman–Crippen LogP) is 3.89. The first-order valence-electron chi connectivity index (χ1n) is 6.87. The number of hydrogen-bond donors (Lipinski definition) is 0. The summed E-state index contributed by atoms with van der Waals surface area (Å²) in [5.74, 6) is 4.38. The van der Waals surface area contributed by atoms with Crippen LogP contribution in [0.1, 0.15) is 48.5 Å². The average Bonchev–Trinajstić information content (AvgIpc) is 2.34. The van der Waals surface area contributed by atoms with Gasteiger partial charge in [0.05, 0.1) is 0 Å². The van der Waals surface area contributed by atoms with Crippen LogP contribution in [0.15, 0.2) is 0 Å². The molecule has 0 aromatic rings. The molecule has 1 rings (SSSR count). The lowest BCUT2D eigenvalue weighted by Gasteiger charge is -2.36. The van der Waals surface area contributed by atoms with Gasteiger partial charge in [0, 0.05) is 12.1 Å². The smallest absolute Gasteiger partial charge is 0.0122 e. The van der Waals surface area contributed by atoms with Crippen molar-refractivity contribution in [2.24, 2.45) is 29.6 Å². The van der Waals surface area contributed by atoms with Gasteiger partial charge in [-0.25, -0.2) is 0 Å². The molecular formula is C15H31N. The van der Waals surface area contributed by atoms with Crippen molar-refractivity contribution in [1.82, 2.24) is 4.90 Å². The van der Waals surface area contributed by atoms with E-state index in [1.54, 1.807) is 0 Å². The first-order valence-corrected chi connectivity index (χ1v) is 6.87. The van der Waals surface area contributed by atoms with Gasteiger partial charge in [0.1, 0.15) is 0 Å². The lowest BCUT2D eigenvalue weighted by molar-refractivity contribution is 0.120. The summed E-state index contributed by atoms with van der Waals surface area (Å²) in [5.41, 5.74) is 0.300. The van der Waals surface area contributed by atoms with Crippen molar-refractivity contribution in [3.8, 4) is 0 Å². The SMILES string of the molecule is CC1C(C)C(C)C(CN(C)C(C)(C)C)C1C. The van der Waals surface area contributed by atoms with E-state index in [4.69, 9.17) is 0 Å². The van der Waals surface area contributed by atoms with Crippen LogP contribution in [0.4, 0.5) is 0 Å². The lowest BCUT2D eigenvalue weighted by Crippen LogP contribution is -2.42. The molecule has 0 aromatic carbocycles. The number of rotatable bonds is 2. The molecule has 4 atom stereocenters. The summed E-state index contributed by atoms with van der Waals surface area (Å²) in [7, 11) is 2.27. The second-order valence-electron chi connectivity index (χ2n) is 7.15. The second kappa shape index (κ2) is 4.68. The fourth-order valence-corrected chi connectivity index (χ4v) is 3.14. The highest BCUT2D eigenvalue weighted by atomic mass is 15.2. The normalized spacial score (nSPS) is 40.7. The van der Waals surface area contributed by atoms with E-state index >= 15 is 0 Å². The van der Waals surface area contributed by atoms with Crippen LogP contribution >= 0.6 is 0 Å². The summed E-state index contributed by atoms with van der Waals surface area (Å²) >= 11 is 0. The zero-order valence-corrected chi connectivity index (χ0v) is 12.5. The second-order valence-corrected chi connectivity index (χ2v) is 7.15. The van der Waals surface area contributed by atoms with E-state index in [0.29, 0.717) is 5.54 Å². The van der Waals surface area contributed by atoms with E-state index in [2.05, 4.69) is 60.4 Å². The monoisotopic (exact) mass is 225 g/mol. The molecule has 96 valence electrons. The molecule has 0 radical (unpaired) electrons. The van der Waals surface area contributed by atoms with E-state index in [1.165, 1.54) is 6.54 Å². The van der Waals surface area contributed by atoms with E-state index < -0.39 is 0 Å². The highest BCUT2D eigenvalue weighted by Crippen LogP contribution is 2.45. The molecule has 0 aliphatic heterocycles. The zero-order valence-electron chi connectivity index (χ0n) is 12.5. The Morgan fingerprint density at radius 1 is 0.812 bits per heavy atom. The van der Waals surface area contributed by atoms with E-state index in [-0.39, 0.29) is 0 Å².